The Morgan fingerprint density at radius 2 is 2.12 bits per heavy atom. The van der Waals surface area contributed by atoms with Gasteiger partial charge in [0.2, 0.25) is 0 Å². The Balaban J connectivity index is 1.54. The number of methoxy groups -OCH3 is 1. The molecule has 0 unspecified atom stereocenters. The fourth-order valence-electron chi connectivity index (χ4n) is 4.03. The van der Waals surface area contributed by atoms with Crippen LogP contribution in [0.5, 0.6) is 5.75 Å². The third-order valence-corrected chi connectivity index (χ3v) is 5.66. The van der Waals surface area contributed by atoms with Crippen LogP contribution in [-0.4, -0.2) is 49.0 Å². The van der Waals surface area contributed by atoms with Gasteiger partial charge in [-0.1, -0.05) is 12.1 Å². The fourth-order valence-corrected chi connectivity index (χ4v) is 4.03. The van der Waals surface area contributed by atoms with Crippen molar-refractivity contribution in [3.63, 3.8) is 0 Å². The first-order valence-corrected chi connectivity index (χ1v) is 10.7. The number of fused-ring (bicyclic) bond motifs is 1. The van der Waals surface area contributed by atoms with Gasteiger partial charge in [-0.25, -0.2) is 8.78 Å². The van der Waals surface area contributed by atoms with Crippen molar-refractivity contribution in [2.45, 2.75) is 18.9 Å². The van der Waals surface area contributed by atoms with Gasteiger partial charge in [-0.05, 0) is 53.9 Å². The van der Waals surface area contributed by atoms with Gasteiger partial charge in [-0.3, -0.25) is 9.78 Å². The van der Waals surface area contributed by atoms with E-state index in [9.17, 15) is 18.7 Å². The second kappa shape index (κ2) is 9.95. The van der Waals surface area contributed by atoms with E-state index in [0.717, 1.165) is 28.2 Å². The zero-order valence-electron chi connectivity index (χ0n) is 18.2. The number of aromatic nitrogens is 1. The third-order valence-electron chi connectivity index (χ3n) is 5.66. The second-order valence-electron chi connectivity index (χ2n) is 7.87. The molecule has 1 amide bonds. The van der Waals surface area contributed by atoms with Gasteiger partial charge in [-0.15, -0.1) is 0 Å². The first kappa shape index (κ1) is 22.7. The number of hydrogen-bond acceptors (Lipinski definition) is 5. The summed E-state index contributed by atoms with van der Waals surface area (Å²) in [6.07, 6.45) is 1.65. The highest BCUT2D eigenvalue weighted by atomic mass is 19.1. The average Bonchev–Trinajstić information content (AvgIpc) is 3.27. The molecule has 1 aliphatic rings. The summed E-state index contributed by atoms with van der Waals surface area (Å²) in [6.45, 7) is -0.357. The fraction of sp³-hybridized carbons (Fsp3) is 0.280. The van der Waals surface area contributed by atoms with Crippen LogP contribution in [0.3, 0.4) is 0 Å². The second-order valence-corrected chi connectivity index (χ2v) is 7.87. The standard InChI is InChI=1S/C25H25F2N3O3/c1-33-24-6-5-16(12-22(24)27)11-17-13-18(7-9-28-17)30-10-8-20-21(3-2-4-23(20)30)25(32)29-15-19(31)14-26/h2-7,9,12-13,19,31H,8,10-11,14-15H2,1H3,(H,29,32)/t19-/m1/s1. The number of nitrogens with one attached hydrogen (secondary N) is 1. The van der Waals surface area contributed by atoms with Gasteiger partial charge < -0.3 is 20.1 Å². The Kier molecular flexibility index (Phi) is 6.84. The molecule has 0 bridgehead atoms. The number of benzene rings is 2. The molecule has 0 spiro atoms. The molecule has 1 aliphatic heterocycles. The summed E-state index contributed by atoms with van der Waals surface area (Å²) in [7, 11) is 1.43. The number of pyridine rings is 1. The molecule has 2 aromatic carbocycles. The Morgan fingerprint density at radius 3 is 2.88 bits per heavy atom. The Hall–Kier alpha value is -3.52. The van der Waals surface area contributed by atoms with E-state index in [0.29, 0.717) is 24.9 Å². The summed E-state index contributed by atoms with van der Waals surface area (Å²) >= 11 is 0. The SMILES string of the molecule is COc1ccc(Cc2cc(N3CCc4c(C(=O)NC[C@H](O)CF)cccc43)ccn2)cc1F. The number of carbonyl (C=O) groups is 1. The van der Waals surface area contributed by atoms with Crippen LogP contribution >= 0.6 is 0 Å². The van der Waals surface area contributed by atoms with E-state index in [4.69, 9.17) is 4.74 Å². The number of nitrogens with zero attached hydrogens (tertiary/aromatic N) is 2. The van der Waals surface area contributed by atoms with Crippen molar-refractivity contribution in [3.05, 3.63) is 82.9 Å². The normalized spacial score (nSPS) is 13.5. The minimum absolute atomic E-state index is 0.137. The summed E-state index contributed by atoms with van der Waals surface area (Å²) in [5.41, 5.74) is 4.85. The van der Waals surface area contributed by atoms with Gasteiger partial charge in [-0.2, -0.15) is 0 Å². The highest BCUT2D eigenvalue weighted by Gasteiger charge is 2.25. The molecular weight excluding hydrogens is 428 g/mol. The van der Waals surface area contributed by atoms with E-state index in [1.165, 1.54) is 13.2 Å². The van der Waals surface area contributed by atoms with E-state index in [-0.39, 0.29) is 18.2 Å². The number of rotatable bonds is 8. The van der Waals surface area contributed by atoms with E-state index in [1.54, 1.807) is 24.4 Å². The number of halogens is 2. The van der Waals surface area contributed by atoms with Crippen LogP contribution in [0.2, 0.25) is 0 Å². The molecule has 8 heteroatoms. The molecule has 172 valence electrons. The maximum absolute atomic E-state index is 14.0. The number of anilines is 2. The van der Waals surface area contributed by atoms with Crippen LogP contribution in [0.15, 0.2) is 54.7 Å². The summed E-state index contributed by atoms with van der Waals surface area (Å²) in [5.74, 6) is -0.546. The van der Waals surface area contributed by atoms with Crippen molar-refractivity contribution in [2.75, 3.05) is 31.8 Å². The lowest BCUT2D eigenvalue weighted by Gasteiger charge is -2.20. The molecule has 0 radical (unpaired) electrons. The topological polar surface area (TPSA) is 74.7 Å². The van der Waals surface area contributed by atoms with Crippen molar-refractivity contribution >= 4 is 17.3 Å². The summed E-state index contributed by atoms with van der Waals surface area (Å²) in [6, 6.07) is 14.2. The molecular formula is C25H25F2N3O3. The lowest BCUT2D eigenvalue weighted by Crippen LogP contribution is -2.33. The van der Waals surface area contributed by atoms with Gasteiger partial charge in [0.15, 0.2) is 11.6 Å². The number of aliphatic hydroxyl groups is 1. The molecule has 2 heterocycles. The number of ether oxygens (including phenoxy) is 1. The van der Waals surface area contributed by atoms with Crippen LogP contribution in [0.1, 0.15) is 27.2 Å². The van der Waals surface area contributed by atoms with Gasteiger partial charge in [0, 0.05) is 48.3 Å². The molecule has 0 aliphatic carbocycles. The number of aliphatic hydroxyl groups excluding tert-OH is 1. The average molecular weight is 453 g/mol. The van der Waals surface area contributed by atoms with Crippen molar-refractivity contribution in [2.24, 2.45) is 0 Å². The smallest absolute Gasteiger partial charge is 0.251 e. The van der Waals surface area contributed by atoms with Gasteiger partial charge >= 0.3 is 0 Å². The Bertz CT molecular complexity index is 1160. The van der Waals surface area contributed by atoms with Crippen LogP contribution in [-0.2, 0) is 12.8 Å². The van der Waals surface area contributed by atoms with Crippen LogP contribution in [0.25, 0.3) is 0 Å². The number of hydrogen-bond donors (Lipinski definition) is 2. The van der Waals surface area contributed by atoms with Crippen LogP contribution < -0.4 is 15.0 Å². The largest absolute Gasteiger partial charge is 0.494 e. The number of amides is 1. The first-order chi connectivity index (χ1) is 16.0. The van der Waals surface area contributed by atoms with Crippen molar-refractivity contribution in [1.29, 1.82) is 0 Å². The maximum Gasteiger partial charge on any atom is 0.251 e. The molecule has 1 atom stereocenters. The van der Waals surface area contributed by atoms with Crippen molar-refractivity contribution in [1.82, 2.24) is 10.3 Å². The Labute approximate surface area is 190 Å². The third kappa shape index (κ3) is 4.96. The van der Waals surface area contributed by atoms with Crippen LogP contribution in [0, 0.1) is 5.82 Å². The maximum atomic E-state index is 14.0. The molecule has 3 aromatic rings. The predicted octanol–water partition coefficient (Wildman–Crippen LogP) is 3.57. The molecule has 33 heavy (non-hydrogen) atoms. The minimum atomic E-state index is -1.21. The molecule has 6 nitrogen and oxygen atoms in total. The molecule has 0 fully saturated rings. The monoisotopic (exact) mass is 453 g/mol. The van der Waals surface area contributed by atoms with E-state index >= 15 is 0 Å². The number of alkyl halides is 1. The minimum Gasteiger partial charge on any atom is -0.494 e. The predicted molar refractivity (Wildman–Crippen MR) is 121 cm³/mol. The van der Waals surface area contributed by atoms with E-state index in [1.807, 2.05) is 24.3 Å². The number of carbonyl (C=O) groups excluding carboxylic acids is 1. The molecule has 1 aromatic heterocycles. The van der Waals surface area contributed by atoms with E-state index < -0.39 is 18.6 Å². The molecule has 0 saturated carbocycles. The lowest BCUT2D eigenvalue weighted by atomic mass is 10.0. The summed E-state index contributed by atoms with van der Waals surface area (Å²) in [5, 5.41) is 12.0. The van der Waals surface area contributed by atoms with Crippen LogP contribution in [0.4, 0.5) is 20.2 Å². The van der Waals surface area contributed by atoms with Gasteiger partial charge in [0.1, 0.15) is 6.67 Å². The molecule has 2 N–H and O–H groups in total. The van der Waals surface area contributed by atoms with Crippen molar-refractivity contribution in [3.8, 4) is 5.75 Å². The molecule has 0 saturated heterocycles. The highest BCUT2D eigenvalue weighted by molar-refractivity contribution is 5.98. The molecule has 4 rings (SSSR count). The zero-order valence-corrected chi connectivity index (χ0v) is 18.2. The van der Waals surface area contributed by atoms with Crippen molar-refractivity contribution < 1.29 is 23.4 Å². The van der Waals surface area contributed by atoms with Gasteiger partial charge in [0.05, 0.1) is 13.2 Å². The lowest BCUT2D eigenvalue weighted by molar-refractivity contribution is 0.0894. The Morgan fingerprint density at radius 1 is 1.27 bits per heavy atom. The summed E-state index contributed by atoms with van der Waals surface area (Å²) < 4.78 is 31.5. The zero-order chi connectivity index (χ0) is 23.4. The highest BCUT2D eigenvalue weighted by Crippen LogP contribution is 2.36. The van der Waals surface area contributed by atoms with Gasteiger partial charge in [0.25, 0.3) is 5.91 Å². The first-order valence-electron chi connectivity index (χ1n) is 10.7. The quantitative estimate of drug-likeness (QED) is 0.546. The van der Waals surface area contributed by atoms with E-state index in [2.05, 4.69) is 15.2 Å². The summed E-state index contributed by atoms with van der Waals surface area (Å²) in [4.78, 5) is 19.1.